The van der Waals surface area contributed by atoms with Crippen LogP contribution in [-0.4, -0.2) is 82.2 Å². The van der Waals surface area contributed by atoms with Gasteiger partial charge in [0.25, 0.3) is 5.91 Å². The van der Waals surface area contributed by atoms with Crippen molar-refractivity contribution >= 4 is 23.4 Å². The molecule has 0 aliphatic carbocycles. The molecule has 0 aromatic heterocycles. The molecule has 0 saturated carbocycles. The van der Waals surface area contributed by atoms with Crippen molar-refractivity contribution in [3.05, 3.63) is 53.6 Å². The highest BCUT2D eigenvalue weighted by atomic mass is 16.5. The molecule has 38 heavy (non-hydrogen) atoms. The molecule has 6 atom stereocenters. The van der Waals surface area contributed by atoms with E-state index in [1.807, 2.05) is 77.1 Å². The summed E-state index contributed by atoms with van der Waals surface area (Å²) in [5, 5.41) is 10.3. The molecule has 1 unspecified atom stereocenters. The van der Waals surface area contributed by atoms with Crippen LogP contribution in [0.1, 0.15) is 44.7 Å². The number of aryl methyl sites for hydroxylation is 2. The van der Waals surface area contributed by atoms with Crippen LogP contribution in [0.3, 0.4) is 0 Å². The first kappa shape index (κ1) is 26.6. The predicted octanol–water partition coefficient (Wildman–Crippen LogP) is 2.76. The molecule has 1 aromatic carbocycles. The number of carbonyl (C=O) groups excluding carboxylic acids is 3. The maximum absolute atomic E-state index is 14.6. The Morgan fingerprint density at radius 2 is 1.76 bits per heavy atom. The molecular formula is C30H39N3O5. The number of nitrogens with zero attached hydrogens (tertiary/aromatic N) is 3. The standard InChI is InChI=1S/C30H39N3O5/c1-6-14-31-15-8-12-29(5)23(26(31)35)24-27(36)33(21(7-2)18-34)25-28(37)32(16-9-13-30(24,25)38-29)22-17-19(3)10-11-20(22)4/h8-13,17,21,23-25,34H,6-7,14-16,18H2,1-5H3/t21-,23-,24-,25?,29+,30-/m0/s1. The summed E-state index contributed by atoms with van der Waals surface area (Å²) in [6, 6.07) is 4.41. The number of benzene rings is 1. The Hall–Kier alpha value is -2.97. The SMILES string of the molecule is CCCN1CC=C[C@@]2(C)O[C@]34C=CCN(c5cc(C)ccc5C)C(=O)C3N([C@@H](CC)CO)C(=O)[C@@H]4[C@H]2C1=O. The maximum Gasteiger partial charge on any atom is 0.253 e. The van der Waals surface area contributed by atoms with E-state index in [4.69, 9.17) is 4.74 Å². The van der Waals surface area contributed by atoms with E-state index in [9.17, 15) is 19.5 Å². The van der Waals surface area contributed by atoms with Gasteiger partial charge >= 0.3 is 0 Å². The first-order valence-corrected chi connectivity index (χ1v) is 13.8. The second kappa shape index (κ2) is 9.65. The summed E-state index contributed by atoms with van der Waals surface area (Å²) in [4.78, 5) is 48.0. The minimum atomic E-state index is -1.32. The van der Waals surface area contributed by atoms with E-state index in [0.29, 0.717) is 26.1 Å². The molecular weight excluding hydrogens is 482 g/mol. The Labute approximate surface area is 224 Å². The van der Waals surface area contributed by atoms with Crippen molar-refractivity contribution in [2.75, 3.05) is 31.1 Å². The van der Waals surface area contributed by atoms with Gasteiger partial charge in [0.15, 0.2) is 0 Å². The van der Waals surface area contributed by atoms with Crippen LogP contribution in [0.5, 0.6) is 0 Å². The summed E-state index contributed by atoms with van der Waals surface area (Å²) in [7, 11) is 0. The topological polar surface area (TPSA) is 90.4 Å². The van der Waals surface area contributed by atoms with Crippen molar-refractivity contribution in [1.82, 2.24) is 9.80 Å². The Morgan fingerprint density at radius 3 is 2.45 bits per heavy atom. The van der Waals surface area contributed by atoms with Gasteiger partial charge in [-0.25, -0.2) is 0 Å². The second-order valence-corrected chi connectivity index (χ2v) is 11.3. The van der Waals surface area contributed by atoms with Crippen molar-refractivity contribution in [2.24, 2.45) is 11.8 Å². The number of rotatable bonds is 6. The number of aliphatic hydroxyl groups excluding tert-OH is 1. The summed E-state index contributed by atoms with van der Waals surface area (Å²) in [5.74, 6) is -2.32. The first-order valence-electron chi connectivity index (χ1n) is 13.8. The Balaban J connectivity index is 1.68. The van der Waals surface area contributed by atoms with Crippen molar-refractivity contribution in [2.45, 2.75) is 70.7 Å². The largest absolute Gasteiger partial charge is 0.394 e. The zero-order valence-corrected chi connectivity index (χ0v) is 23.0. The van der Waals surface area contributed by atoms with Crippen molar-refractivity contribution in [3.63, 3.8) is 0 Å². The summed E-state index contributed by atoms with van der Waals surface area (Å²) >= 11 is 0. The molecule has 4 aliphatic heterocycles. The molecule has 0 bridgehead atoms. The molecule has 5 rings (SSSR count). The highest BCUT2D eigenvalue weighted by molar-refractivity contribution is 6.06. The summed E-state index contributed by atoms with van der Waals surface area (Å²) < 4.78 is 6.86. The predicted molar refractivity (Wildman–Crippen MR) is 144 cm³/mol. The van der Waals surface area contributed by atoms with Gasteiger partial charge in [-0.2, -0.15) is 0 Å². The van der Waals surface area contributed by atoms with Crippen molar-refractivity contribution < 1.29 is 24.2 Å². The maximum atomic E-state index is 14.6. The second-order valence-electron chi connectivity index (χ2n) is 11.3. The lowest BCUT2D eigenvalue weighted by atomic mass is 9.74. The van der Waals surface area contributed by atoms with Crippen LogP contribution >= 0.6 is 0 Å². The molecule has 8 nitrogen and oxygen atoms in total. The molecule has 8 heteroatoms. The number of hydrogen-bond acceptors (Lipinski definition) is 5. The van der Waals surface area contributed by atoms with Crippen molar-refractivity contribution in [1.29, 1.82) is 0 Å². The monoisotopic (exact) mass is 521 g/mol. The van der Waals surface area contributed by atoms with E-state index in [1.165, 1.54) is 4.90 Å². The van der Waals surface area contributed by atoms with Crippen LogP contribution in [-0.2, 0) is 19.1 Å². The number of anilines is 1. The van der Waals surface area contributed by atoms with E-state index in [-0.39, 0.29) is 24.3 Å². The molecule has 4 aliphatic rings. The lowest BCUT2D eigenvalue weighted by Gasteiger charge is -2.40. The molecule has 204 valence electrons. The lowest BCUT2D eigenvalue weighted by Crippen LogP contribution is -2.58. The number of aliphatic hydroxyl groups is 1. The smallest absolute Gasteiger partial charge is 0.253 e. The fraction of sp³-hybridized carbons (Fsp3) is 0.567. The highest BCUT2D eigenvalue weighted by Gasteiger charge is 2.75. The molecule has 3 amide bonds. The normalized spacial score (nSPS) is 33.3. The van der Waals surface area contributed by atoms with Gasteiger partial charge in [0.2, 0.25) is 11.8 Å². The highest BCUT2D eigenvalue weighted by Crippen LogP contribution is 2.58. The first-order chi connectivity index (χ1) is 18.1. The third-order valence-electron chi connectivity index (χ3n) is 8.80. The van der Waals surface area contributed by atoms with Gasteiger partial charge in [-0.15, -0.1) is 0 Å². The summed E-state index contributed by atoms with van der Waals surface area (Å²) in [6.07, 6.45) is 8.87. The van der Waals surface area contributed by atoms with Crippen LogP contribution in [0.2, 0.25) is 0 Å². The Morgan fingerprint density at radius 1 is 1.03 bits per heavy atom. The number of carbonyl (C=O) groups is 3. The van der Waals surface area contributed by atoms with Crippen LogP contribution in [0.4, 0.5) is 5.69 Å². The summed E-state index contributed by atoms with van der Waals surface area (Å²) in [6.45, 7) is 10.8. The van der Waals surface area contributed by atoms with Gasteiger partial charge in [-0.3, -0.25) is 14.4 Å². The molecule has 2 fully saturated rings. The van der Waals surface area contributed by atoms with Crippen molar-refractivity contribution in [3.8, 4) is 0 Å². The fourth-order valence-electron chi connectivity index (χ4n) is 7.02. The van der Waals surface area contributed by atoms with Gasteiger partial charge in [0, 0.05) is 25.3 Å². The summed E-state index contributed by atoms with van der Waals surface area (Å²) in [5.41, 5.74) is 0.405. The van der Waals surface area contributed by atoms with Gasteiger partial charge in [0.1, 0.15) is 11.6 Å². The average molecular weight is 522 g/mol. The lowest BCUT2D eigenvalue weighted by molar-refractivity contribution is -0.151. The van der Waals surface area contributed by atoms with E-state index in [1.54, 1.807) is 9.80 Å². The van der Waals surface area contributed by atoms with E-state index in [2.05, 4.69) is 0 Å². The van der Waals surface area contributed by atoms with Crippen LogP contribution in [0.25, 0.3) is 0 Å². The number of fused-ring (bicyclic) bond motifs is 2. The third kappa shape index (κ3) is 3.75. The zero-order chi connectivity index (χ0) is 27.4. The molecule has 0 radical (unpaired) electrons. The number of likely N-dealkylation sites (tertiary alicyclic amines) is 1. The number of amides is 3. The fourth-order valence-corrected chi connectivity index (χ4v) is 7.02. The van der Waals surface area contributed by atoms with Crippen LogP contribution in [0, 0.1) is 25.7 Å². The minimum absolute atomic E-state index is 0.122. The van der Waals surface area contributed by atoms with Gasteiger partial charge in [-0.1, -0.05) is 50.3 Å². The van der Waals surface area contributed by atoms with E-state index >= 15 is 0 Å². The number of hydrogen-bond donors (Lipinski definition) is 1. The van der Waals surface area contributed by atoms with Gasteiger partial charge in [0.05, 0.1) is 30.1 Å². The minimum Gasteiger partial charge on any atom is -0.394 e. The van der Waals surface area contributed by atoms with Crippen LogP contribution in [0.15, 0.2) is 42.5 Å². The Kier molecular flexibility index (Phi) is 6.76. The van der Waals surface area contributed by atoms with Gasteiger partial charge < -0.3 is 24.5 Å². The third-order valence-corrected chi connectivity index (χ3v) is 8.80. The molecule has 2 saturated heterocycles. The average Bonchev–Trinajstić information content (AvgIpc) is 3.16. The molecule has 1 N–H and O–H groups in total. The Bertz CT molecular complexity index is 1210. The van der Waals surface area contributed by atoms with Gasteiger partial charge in [-0.05, 0) is 50.8 Å². The zero-order valence-electron chi connectivity index (χ0n) is 23.0. The molecule has 1 aromatic rings. The van der Waals surface area contributed by atoms with E-state index < -0.39 is 35.1 Å². The molecule has 1 spiro atoms. The number of ether oxygens (including phenoxy) is 1. The van der Waals surface area contributed by atoms with Crippen LogP contribution < -0.4 is 4.90 Å². The quantitative estimate of drug-likeness (QED) is 0.582. The van der Waals surface area contributed by atoms with E-state index in [0.717, 1.165) is 23.2 Å². The molecule has 4 heterocycles.